The summed E-state index contributed by atoms with van der Waals surface area (Å²) < 4.78 is 17.7. The molecule has 8 heteroatoms. The highest BCUT2D eigenvalue weighted by Gasteiger charge is 2.29. The molecule has 0 saturated carbocycles. The SMILES string of the molecule is Cc1ccc2c(C)c(C(=O)c3c(C)c(C#N)c(=O)n(Cc4ccc5c(c4)OCO5)c3O)oc2c1C. The Kier molecular flexibility index (Phi) is 5.13. The number of nitrogens with zero attached hydrogens (tertiary/aromatic N) is 2. The zero-order valence-electron chi connectivity index (χ0n) is 19.7. The second-order valence-corrected chi connectivity index (χ2v) is 8.66. The van der Waals surface area contributed by atoms with Gasteiger partial charge in [0.05, 0.1) is 12.1 Å². The summed E-state index contributed by atoms with van der Waals surface area (Å²) in [5.74, 6) is 0.0316. The van der Waals surface area contributed by atoms with Crippen LogP contribution in [0.15, 0.2) is 39.5 Å². The van der Waals surface area contributed by atoms with Gasteiger partial charge < -0.3 is 19.0 Å². The van der Waals surface area contributed by atoms with Gasteiger partial charge in [-0.25, -0.2) is 0 Å². The lowest BCUT2D eigenvalue weighted by Gasteiger charge is -2.15. The molecule has 0 bridgehead atoms. The highest BCUT2D eigenvalue weighted by molar-refractivity contribution is 6.13. The average molecular weight is 470 g/mol. The Hall–Kier alpha value is -4.51. The van der Waals surface area contributed by atoms with E-state index in [0.29, 0.717) is 28.2 Å². The van der Waals surface area contributed by atoms with Crippen LogP contribution in [0.5, 0.6) is 17.4 Å². The topological polar surface area (TPSA) is 115 Å². The van der Waals surface area contributed by atoms with Gasteiger partial charge in [0.15, 0.2) is 17.3 Å². The van der Waals surface area contributed by atoms with Crippen LogP contribution < -0.4 is 15.0 Å². The maximum atomic E-state index is 13.7. The van der Waals surface area contributed by atoms with Crippen molar-refractivity contribution in [3.8, 4) is 23.4 Å². The highest BCUT2D eigenvalue weighted by atomic mass is 16.7. The van der Waals surface area contributed by atoms with Gasteiger partial charge in [-0.3, -0.25) is 14.2 Å². The van der Waals surface area contributed by atoms with Crippen LogP contribution in [0.1, 0.15) is 49.5 Å². The summed E-state index contributed by atoms with van der Waals surface area (Å²) >= 11 is 0. The highest BCUT2D eigenvalue weighted by Crippen LogP contribution is 2.35. The van der Waals surface area contributed by atoms with E-state index in [4.69, 9.17) is 13.9 Å². The van der Waals surface area contributed by atoms with Crippen LogP contribution in [0.25, 0.3) is 11.0 Å². The summed E-state index contributed by atoms with van der Waals surface area (Å²) in [6.45, 7) is 7.14. The molecule has 0 unspecified atom stereocenters. The van der Waals surface area contributed by atoms with Crippen LogP contribution in [-0.4, -0.2) is 22.2 Å². The Morgan fingerprint density at radius 2 is 1.80 bits per heavy atom. The van der Waals surface area contributed by atoms with Crippen molar-refractivity contribution < 1.29 is 23.8 Å². The second kappa shape index (κ2) is 8.06. The number of benzene rings is 2. The van der Waals surface area contributed by atoms with Crippen molar-refractivity contribution in [2.45, 2.75) is 34.2 Å². The second-order valence-electron chi connectivity index (χ2n) is 8.66. The molecule has 176 valence electrons. The molecule has 0 radical (unpaired) electrons. The van der Waals surface area contributed by atoms with E-state index in [1.807, 2.05) is 32.0 Å². The Balaban J connectivity index is 1.67. The first-order valence-corrected chi connectivity index (χ1v) is 11.0. The predicted molar refractivity (Wildman–Crippen MR) is 127 cm³/mol. The van der Waals surface area contributed by atoms with Crippen molar-refractivity contribution in [2.24, 2.45) is 0 Å². The first-order chi connectivity index (χ1) is 16.7. The standard InChI is InChI=1S/C27H22N2O6/c1-13-5-7-18-16(4)25(35-24(18)14(13)2)23(30)22-15(3)19(10-28)26(31)29(27(22)32)11-17-6-8-20-21(9-17)34-12-33-20/h5-9,32H,11-12H2,1-4H3. The number of rotatable bonds is 4. The number of fused-ring (bicyclic) bond motifs is 2. The fraction of sp³-hybridized carbons (Fsp3) is 0.222. The first-order valence-electron chi connectivity index (χ1n) is 11.0. The Labute approximate surface area is 200 Å². The molecule has 35 heavy (non-hydrogen) atoms. The molecule has 2 aromatic carbocycles. The molecule has 4 aromatic rings. The Morgan fingerprint density at radius 3 is 2.54 bits per heavy atom. The van der Waals surface area contributed by atoms with E-state index in [1.54, 1.807) is 25.1 Å². The van der Waals surface area contributed by atoms with Crippen molar-refractivity contribution >= 4 is 16.8 Å². The predicted octanol–water partition coefficient (Wildman–Crippen LogP) is 4.41. The molecule has 0 aliphatic carbocycles. The van der Waals surface area contributed by atoms with Gasteiger partial charge in [0.1, 0.15) is 17.2 Å². The smallest absolute Gasteiger partial charge is 0.271 e. The van der Waals surface area contributed by atoms with Gasteiger partial charge in [0.2, 0.25) is 18.5 Å². The van der Waals surface area contributed by atoms with Gasteiger partial charge in [-0.05, 0) is 62.1 Å². The molecular formula is C27H22N2O6. The van der Waals surface area contributed by atoms with Gasteiger partial charge in [0, 0.05) is 10.9 Å². The minimum atomic E-state index is -0.690. The van der Waals surface area contributed by atoms with E-state index >= 15 is 0 Å². The normalized spacial score (nSPS) is 12.2. The van der Waals surface area contributed by atoms with Crippen LogP contribution in [0.2, 0.25) is 0 Å². The van der Waals surface area contributed by atoms with E-state index in [1.165, 1.54) is 6.92 Å². The largest absolute Gasteiger partial charge is 0.494 e. The summed E-state index contributed by atoms with van der Waals surface area (Å²) in [6, 6.07) is 10.9. The lowest BCUT2D eigenvalue weighted by Crippen LogP contribution is -2.27. The molecule has 0 atom stereocenters. The number of pyridine rings is 1. The van der Waals surface area contributed by atoms with Gasteiger partial charge in [-0.2, -0.15) is 5.26 Å². The van der Waals surface area contributed by atoms with Gasteiger partial charge in [-0.1, -0.05) is 18.2 Å². The Morgan fingerprint density at radius 1 is 1.06 bits per heavy atom. The summed E-state index contributed by atoms with van der Waals surface area (Å²) in [6.07, 6.45) is 0. The number of aromatic hydroxyl groups is 1. The molecule has 0 fully saturated rings. The van der Waals surface area contributed by atoms with Crippen molar-refractivity contribution in [1.82, 2.24) is 4.57 Å². The number of carbonyl (C=O) groups is 1. The quantitative estimate of drug-likeness (QED) is 0.439. The van der Waals surface area contributed by atoms with Crippen LogP contribution in [0, 0.1) is 39.0 Å². The molecule has 3 heterocycles. The molecule has 0 spiro atoms. The van der Waals surface area contributed by atoms with Crippen molar-refractivity contribution in [3.63, 3.8) is 0 Å². The number of aromatic nitrogens is 1. The molecular weight excluding hydrogens is 448 g/mol. The van der Waals surface area contributed by atoms with E-state index in [2.05, 4.69) is 0 Å². The molecule has 1 N–H and O–H groups in total. The van der Waals surface area contributed by atoms with Gasteiger partial charge >= 0.3 is 0 Å². The molecule has 0 amide bonds. The van der Waals surface area contributed by atoms with Crippen molar-refractivity contribution in [3.05, 3.63) is 85.4 Å². The summed E-state index contributed by atoms with van der Waals surface area (Å²) in [4.78, 5) is 26.8. The zero-order valence-corrected chi connectivity index (χ0v) is 19.7. The summed E-state index contributed by atoms with van der Waals surface area (Å²) in [5.41, 5.74) is 2.84. The number of ether oxygens (including phenoxy) is 2. The number of hydrogen-bond acceptors (Lipinski definition) is 7. The average Bonchev–Trinajstić information content (AvgIpc) is 3.43. The monoisotopic (exact) mass is 470 g/mol. The minimum absolute atomic E-state index is 0.0595. The molecule has 8 nitrogen and oxygen atoms in total. The maximum absolute atomic E-state index is 13.7. The van der Waals surface area contributed by atoms with Crippen molar-refractivity contribution in [1.29, 1.82) is 5.26 Å². The molecule has 2 aromatic heterocycles. The third-order valence-electron chi connectivity index (χ3n) is 6.64. The number of ketones is 1. The Bertz CT molecular complexity index is 1650. The van der Waals surface area contributed by atoms with Crippen LogP contribution in [0.3, 0.4) is 0 Å². The van der Waals surface area contributed by atoms with E-state index in [9.17, 15) is 20.0 Å². The third-order valence-corrected chi connectivity index (χ3v) is 6.64. The summed E-state index contributed by atoms with van der Waals surface area (Å²) in [7, 11) is 0. The van der Waals surface area contributed by atoms with Crippen LogP contribution >= 0.6 is 0 Å². The maximum Gasteiger partial charge on any atom is 0.271 e. The molecule has 1 aliphatic heterocycles. The van der Waals surface area contributed by atoms with Crippen LogP contribution in [0.4, 0.5) is 0 Å². The lowest BCUT2D eigenvalue weighted by molar-refractivity contribution is 0.101. The number of hydrogen-bond donors (Lipinski definition) is 1. The molecule has 1 aliphatic rings. The number of nitriles is 1. The number of furan rings is 1. The van der Waals surface area contributed by atoms with E-state index in [0.717, 1.165) is 21.1 Å². The molecule has 5 rings (SSSR count). The number of carbonyl (C=O) groups excluding carboxylic acids is 1. The van der Waals surface area contributed by atoms with Crippen LogP contribution in [-0.2, 0) is 6.54 Å². The lowest BCUT2D eigenvalue weighted by atomic mass is 9.98. The minimum Gasteiger partial charge on any atom is -0.494 e. The number of aryl methyl sites for hydroxylation is 3. The fourth-order valence-corrected chi connectivity index (χ4v) is 4.44. The zero-order chi connectivity index (χ0) is 25.0. The first kappa shape index (κ1) is 22.3. The van der Waals surface area contributed by atoms with Gasteiger partial charge in [-0.15, -0.1) is 0 Å². The van der Waals surface area contributed by atoms with Crippen molar-refractivity contribution in [2.75, 3.05) is 6.79 Å². The fourth-order valence-electron chi connectivity index (χ4n) is 4.44. The van der Waals surface area contributed by atoms with Gasteiger partial charge in [0.25, 0.3) is 5.56 Å². The van der Waals surface area contributed by atoms with E-state index in [-0.39, 0.29) is 35.8 Å². The summed E-state index contributed by atoms with van der Waals surface area (Å²) in [5, 5.41) is 21.7. The molecule has 0 saturated heterocycles. The van der Waals surface area contributed by atoms with E-state index < -0.39 is 17.2 Å². The third kappa shape index (κ3) is 3.36.